The minimum Gasteiger partial charge on any atom is -0.398 e. The standard InChI is InChI=1S/C15H23N3O2/c1-15(2,20)11-17-7-9-18(10-8-17)14(19)12-5-3-4-6-13(12)16/h3-6,20H,7-11,16H2,1-2H3. The zero-order valence-electron chi connectivity index (χ0n) is 12.2. The van der Waals surface area contributed by atoms with Crippen molar-refractivity contribution >= 4 is 11.6 Å². The summed E-state index contributed by atoms with van der Waals surface area (Å²) in [5, 5.41) is 9.82. The molecule has 0 atom stereocenters. The second-order valence-corrected chi connectivity index (χ2v) is 5.97. The quantitative estimate of drug-likeness (QED) is 0.802. The van der Waals surface area contributed by atoms with Gasteiger partial charge in [0, 0.05) is 38.4 Å². The zero-order chi connectivity index (χ0) is 14.8. The Morgan fingerprint density at radius 3 is 2.40 bits per heavy atom. The lowest BCUT2D eigenvalue weighted by Crippen LogP contribution is -2.52. The molecule has 0 unspecified atom stereocenters. The molecule has 1 fully saturated rings. The summed E-state index contributed by atoms with van der Waals surface area (Å²) in [5.74, 6) is -0.00833. The van der Waals surface area contributed by atoms with Crippen LogP contribution >= 0.6 is 0 Å². The van der Waals surface area contributed by atoms with Gasteiger partial charge < -0.3 is 15.7 Å². The molecule has 0 aliphatic carbocycles. The molecule has 1 aliphatic heterocycles. The van der Waals surface area contributed by atoms with Crippen molar-refractivity contribution in [3.05, 3.63) is 29.8 Å². The summed E-state index contributed by atoms with van der Waals surface area (Å²) < 4.78 is 0. The molecule has 1 aliphatic rings. The van der Waals surface area contributed by atoms with Crippen LogP contribution < -0.4 is 5.73 Å². The molecule has 5 nitrogen and oxygen atoms in total. The first kappa shape index (κ1) is 14.8. The number of hydrogen-bond donors (Lipinski definition) is 2. The van der Waals surface area contributed by atoms with E-state index in [1.807, 2.05) is 17.0 Å². The Hall–Kier alpha value is -1.59. The lowest BCUT2D eigenvalue weighted by molar-refractivity contribution is 0.0179. The lowest BCUT2D eigenvalue weighted by Gasteiger charge is -2.37. The van der Waals surface area contributed by atoms with Crippen molar-refractivity contribution in [1.29, 1.82) is 0 Å². The summed E-state index contributed by atoms with van der Waals surface area (Å²) in [6, 6.07) is 7.17. The van der Waals surface area contributed by atoms with Crippen LogP contribution in [-0.2, 0) is 0 Å². The number of amides is 1. The number of nitrogens with zero attached hydrogens (tertiary/aromatic N) is 2. The number of carbonyl (C=O) groups is 1. The molecule has 20 heavy (non-hydrogen) atoms. The second-order valence-electron chi connectivity index (χ2n) is 5.97. The minimum absolute atomic E-state index is 0.00833. The van der Waals surface area contributed by atoms with Crippen LogP contribution in [0.15, 0.2) is 24.3 Å². The van der Waals surface area contributed by atoms with Crippen LogP contribution in [0.2, 0.25) is 0 Å². The maximum absolute atomic E-state index is 12.4. The molecule has 1 amide bonds. The molecule has 0 spiro atoms. The Kier molecular flexibility index (Phi) is 4.30. The van der Waals surface area contributed by atoms with E-state index < -0.39 is 5.60 Å². The molecule has 1 heterocycles. The molecular weight excluding hydrogens is 254 g/mol. The first-order chi connectivity index (χ1) is 9.37. The summed E-state index contributed by atoms with van der Waals surface area (Å²) in [7, 11) is 0. The molecule has 5 heteroatoms. The van der Waals surface area contributed by atoms with Crippen molar-refractivity contribution in [2.45, 2.75) is 19.4 Å². The number of anilines is 1. The van der Waals surface area contributed by atoms with Crippen molar-refractivity contribution in [1.82, 2.24) is 9.80 Å². The van der Waals surface area contributed by atoms with Gasteiger partial charge in [-0.15, -0.1) is 0 Å². The van der Waals surface area contributed by atoms with Crippen LogP contribution in [0.3, 0.4) is 0 Å². The predicted molar refractivity (Wildman–Crippen MR) is 79.5 cm³/mol. The van der Waals surface area contributed by atoms with Gasteiger partial charge >= 0.3 is 0 Å². The summed E-state index contributed by atoms with van der Waals surface area (Å²) in [5.41, 5.74) is 6.25. The highest BCUT2D eigenvalue weighted by molar-refractivity contribution is 5.99. The van der Waals surface area contributed by atoms with Crippen molar-refractivity contribution in [2.24, 2.45) is 0 Å². The molecular formula is C15H23N3O2. The molecule has 2 rings (SSSR count). The van der Waals surface area contributed by atoms with Crippen LogP contribution in [0.1, 0.15) is 24.2 Å². The van der Waals surface area contributed by atoms with Gasteiger partial charge in [-0.05, 0) is 26.0 Å². The topological polar surface area (TPSA) is 69.8 Å². The number of para-hydroxylation sites is 1. The number of aliphatic hydroxyl groups is 1. The van der Waals surface area contributed by atoms with Gasteiger partial charge in [0.05, 0.1) is 11.2 Å². The van der Waals surface area contributed by atoms with Gasteiger partial charge in [0.15, 0.2) is 0 Å². The number of carbonyl (C=O) groups excluding carboxylic acids is 1. The first-order valence-electron chi connectivity index (χ1n) is 6.95. The monoisotopic (exact) mass is 277 g/mol. The SMILES string of the molecule is CC(C)(O)CN1CCN(C(=O)c2ccccc2N)CC1. The fourth-order valence-corrected chi connectivity index (χ4v) is 2.52. The molecule has 0 radical (unpaired) electrons. The summed E-state index contributed by atoms with van der Waals surface area (Å²) in [4.78, 5) is 16.4. The highest BCUT2D eigenvalue weighted by Crippen LogP contribution is 2.16. The van der Waals surface area contributed by atoms with Gasteiger partial charge in [0.25, 0.3) is 5.91 Å². The average Bonchev–Trinajstić information content (AvgIpc) is 2.37. The summed E-state index contributed by atoms with van der Waals surface area (Å²) >= 11 is 0. The van der Waals surface area contributed by atoms with Gasteiger partial charge in [-0.3, -0.25) is 9.69 Å². The van der Waals surface area contributed by atoms with Crippen molar-refractivity contribution in [3.8, 4) is 0 Å². The number of nitrogen functional groups attached to an aromatic ring is 1. The highest BCUT2D eigenvalue weighted by atomic mass is 16.3. The van der Waals surface area contributed by atoms with Gasteiger partial charge in [0.1, 0.15) is 0 Å². The molecule has 0 saturated carbocycles. The van der Waals surface area contributed by atoms with E-state index in [0.717, 1.165) is 13.1 Å². The normalized spacial score (nSPS) is 17.2. The van der Waals surface area contributed by atoms with Crippen LogP contribution in [-0.4, -0.2) is 59.1 Å². The highest BCUT2D eigenvalue weighted by Gasteiger charge is 2.26. The van der Waals surface area contributed by atoms with Gasteiger partial charge in [0.2, 0.25) is 0 Å². The molecule has 0 aromatic heterocycles. The number of piperazine rings is 1. The average molecular weight is 277 g/mol. The van der Waals surface area contributed by atoms with E-state index in [0.29, 0.717) is 30.9 Å². The van der Waals surface area contributed by atoms with E-state index in [2.05, 4.69) is 4.90 Å². The smallest absolute Gasteiger partial charge is 0.256 e. The Morgan fingerprint density at radius 1 is 1.25 bits per heavy atom. The molecule has 1 saturated heterocycles. The molecule has 3 N–H and O–H groups in total. The van der Waals surface area contributed by atoms with Gasteiger partial charge in [-0.25, -0.2) is 0 Å². The summed E-state index contributed by atoms with van der Waals surface area (Å²) in [6.45, 7) is 7.13. The van der Waals surface area contributed by atoms with Crippen LogP contribution in [0, 0.1) is 0 Å². The second kappa shape index (κ2) is 5.81. The number of rotatable bonds is 3. The van der Waals surface area contributed by atoms with Gasteiger partial charge in [-0.2, -0.15) is 0 Å². The zero-order valence-corrected chi connectivity index (χ0v) is 12.2. The number of hydrogen-bond acceptors (Lipinski definition) is 4. The third kappa shape index (κ3) is 3.71. The van der Waals surface area contributed by atoms with Crippen molar-refractivity contribution < 1.29 is 9.90 Å². The minimum atomic E-state index is -0.698. The summed E-state index contributed by atoms with van der Waals surface area (Å²) in [6.07, 6.45) is 0. The Bertz CT molecular complexity index is 474. The third-order valence-electron chi connectivity index (χ3n) is 3.46. The van der Waals surface area contributed by atoms with E-state index in [9.17, 15) is 9.90 Å². The largest absolute Gasteiger partial charge is 0.398 e. The fraction of sp³-hybridized carbons (Fsp3) is 0.533. The Balaban J connectivity index is 1.94. The van der Waals surface area contributed by atoms with Crippen LogP contribution in [0.5, 0.6) is 0 Å². The molecule has 0 bridgehead atoms. The first-order valence-corrected chi connectivity index (χ1v) is 6.95. The lowest BCUT2D eigenvalue weighted by atomic mass is 10.1. The Labute approximate surface area is 120 Å². The van der Waals surface area contributed by atoms with Crippen molar-refractivity contribution in [2.75, 3.05) is 38.5 Å². The number of benzene rings is 1. The van der Waals surface area contributed by atoms with E-state index in [1.54, 1.807) is 26.0 Å². The van der Waals surface area contributed by atoms with Gasteiger partial charge in [-0.1, -0.05) is 12.1 Å². The molecule has 1 aromatic carbocycles. The molecule has 1 aromatic rings. The van der Waals surface area contributed by atoms with E-state index in [1.165, 1.54) is 0 Å². The Morgan fingerprint density at radius 2 is 1.85 bits per heavy atom. The third-order valence-corrected chi connectivity index (χ3v) is 3.46. The van der Waals surface area contributed by atoms with Crippen LogP contribution in [0.4, 0.5) is 5.69 Å². The number of nitrogens with two attached hydrogens (primary N) is 1. The van der Waals surface area contributed by atoms with E-state index in [-0.39, 0.29) is 5.91 Å². The predicted octanol–water partition coefficient (Wildman–Crippen LogP) is 0.797. The molecule has 110 valence electrons. The van der Waals surface area contributed by atoms with E-state index in [4.69, 9.17) is 5.73 Å². The maximum atomic E-state index is 12.4. The van der Waals surface area contributed by atoms with E-state index >= 15 is 0 Å². The van der Waals surface area contributed by atoms with Crippen molar-refractivity contribution in [3.63, 3.8) is 0 Å². The number of β-amino-alcohol motifs (C(OH)–C–C–N with tert-alkyl or cyclic N) is 1. The fourth-order valence-electron chi connectivity index (χ4n) is 2.52. The van der Waals surface area contributed by atoms with Crippen LogP contribution in [0.25, 0.3) is 0 Å². The maximum Gasteiger partial charge on any atom is 0.256 e.